The van der Waals surface area contributed by atoms with Crippen molar-refractivity contribution in [1.29, 1.82) is 0 Å². The molecule has 1 atom stereocenters. The number of hydrogen-bond donors (Lipinski definition) is 3. The second kappa shape index (κ2) is 4.21. The molecular weight excluding hydrogens is 192 g/mol. The molecule has 4 nitrogen and oxygen atoms in total. The molecule has 1 aliphatic rings. The molecule has 1 aliphatic heterocycles. The Bertz CT molecular complexity index is 365. The number of nitrogens with one attached hydrogen (secondary N) is 2. The average molecular weight is 206 g/mol. The van der Waals surface area contributed by atoms with Crippen molar-refractivity contribution in [3.63, 3.8) is 0 Å². The quantitative estimate of drug-likeness (QED) is 0.692. The first kappa shape index (κ1) is 9.83. The maximum atomic E-state index is 10.4. The smallest absolute Gasteiger partial charge is 0.404 e. The van der Waals surface area contributed by atoms with E-state index in [1.165, 1.54) is 5.56 Å². The van der Waals surface area contributed by atoms with Crippen molar-refractivity contribution < 1.29 is 9.90 Å². The SMILES string of the molecule is O=C(O)NCC1CCNc2ccccc21. The molecule has 0 spiro atoms. The molecule has 0 fully saturated rings. The maximum Gasteiger partial charge on any atom is 0.404 e. The molecule has 0 aromatic heterocycles. The summed E-state index contributed by atoms with van der Waals surface area (Å²) in [6.07, 6.45) is 0.0168. The Kier molecular flexibility index (Phi) is 2.76. The molecule has 15 heavy (non-hydrogen) atoms. The van der Waals surface area contributed by atoms with Crippen LogP contribution in [0.3, 0.4) is 0 Å². The van der Waals surface area contributed by atoms with Gasteiger partial charge in [-0.15, -0.1) is 0 Å². The van der Waals surface area contributed by atoms with Crippen LogP contribution in [0.4, 0.5) is 10.5 Å². The van der Waals surface area contributed by atoms with Crippen molar-refractivity contribution in [3.8, 4) is 0 Å². The summed E-state index contributed by atoms with van der Waals surface area (Å²) in [6.45, 7) is 1.40. The topological polar surface area (TPSA) is 61.4 Å². The molecule has 1 unspecified atom stereocenters. The minimum absolute atomic E-state index is 0.290. The van der Waals surface area contributed by atoms with E-state index in [1.54, 1.807) is 0 Å². The number of anilines is 1. The lowest BCUT2D eigenvalue weighted by atomic mass is 9.91. The number of rotatable bonds is 2. The zero-order valence-corrected chi connectivity index (χ0v) is 8.36. The molecule has 1 aromatic rings. The van der Waals surface area contributed by atoms with Crippen LogP contribution in [0, 0.1) is 0 Å². The Morgan fingerprint density at radius 2 is 2.33 bits per heavy atom. The maximum absolute atomic E-state index is 10.4. The van der Waals surface area contributed by atoms with Crippen molar-refractivity contribution in [2.24, 2.45) is 0 Å². The summed E-state index contributed by atoms with van der Waals surface area (Å²) in [7, 11) is 0. The number of carbonyl (C=O) groups is 1. The summed E-state index contributed by atoms with van der Waals surface area (Å²) >= 11 is 0. The van der Waals surface area contributed by atoms with Crippen LogP contribution >= 0.6 is 0 Å². The van der Waals surface area contributed by atoms with Gasteiger partial charge in [0.2, 0.25) is 0 Å². The minimum atomic E-state index is -0.953. The third kappa shape index (κ3) is 2.21. The Morgan fingerprint density at radius 1 is 1.53 bits per heavy atom. The first-order chi connectivity index (χ1) is 7.27. The van der Waals surface area contributed by atoms with Gasteiger partial charge in [0, 0.05) is 24.7 Å². The third-order valence-electron chi connectivity index (χ3n) is 2.71. The second-order valence-corrected chi connectivity index (χ2v) is 3.69. The van der Waals surface area contributed by atoms with E-state index in [0.29, 0.717) is 12.5 Å². The van der Waals surface area contributed by atoms with Gasteiger partial charge in [0.15, 0.2) is 0 Å². The zero-order chi connectivity index (χ0) is 10.7. The highest BCUT2D eigenvalue weighted by Gasteiger charge is 2.19. The van der Waals surface area contributed by atoms with Crippen molar-refractivity contribution >= 4 is 11.8 Å². The van der Waals surface area contributed by atoms with E-state index in [-0.39, 0.29) is 0 Å². The van der Waals surface area contributed by atoms with Gasteiger partial charge in [-0.2, -0.15) is 0 Å². The number of para-hydroxylation sites is 1. The standard InChI is InChI=1S/C11H14N2O2/c14-11(15)13-7-8-5-6-12-10-4-2-1-3-9(8)10/h1-4,8,12-13H,5-7H2,(H,14,15). The van der Waals surface area contributed by atoms with Gasteiger partial charge in [0.05, 0.1) is 0 Å². The third-order valence-corrected chi connectivity index (χ3v) is 2.71. The summed E-state index contributed by atoms with van der Waals surface area (Å²) in [5, 5.41) is 14.3. The number of hydrogen-bond acceptors (Lipinski definition) is 2. The Balaban J connectivity index is 2.11. The molecule has 0 aliphatic carbocycles. The largest absolute Gasteiger partial charge is 0.465 e. The fourth-order valence-corrected chi connectivity index (χ4v) is 1.97. The lowest BCUT2D eigenvalue weighted by Gasteiger charge is -2.26. The molecule has 4 heteroatoms. The number of fused-ring (bicyclic) bond motifs is 1. The molecule has 0 saturated carbocycles. The second-order valence-electron chi connectivity index (χ2n) is 3.69. The van der Waals surface area contributed by atoms with E-state index in [1.807, 2.05) is 18.2 Å². The van der Waals surface area contributed by atoms with E-state index in [0.717, 1.165) is 18.7 Å². The van der Waals surface area contributed by atoms with E-state index in [2.05, 4.69) is 16.7 Å². The minimum Gasteiger partial charge on any atom is -0.465 e. The van der Waals surface area contributed by atoms with Crippen molar-refractivity contribution in [2.75, 3.05) is 18.4 Å². The van der Waals surface area contributed by atoms with Gasteiger partial charge in [-0.1, -0.05) is 18.2 Å². The number of amides is 1. The van der Waals surface area contributed by atoms with Gasteiger partial charge in [0.1, 0.15) is 0 Å². The Morgan fingerprint density at radius 3 is 3.13 bits per heavy atom. The molecule has 1 heterocycles. The van der Waals surface area contributed by atoms with Crippen LogP contribution in [-0.4, -0.2) is 24.3 Å². The summed E-state index contributed by atoms with van der Waals surface area (Å²) < 4.78 is 0. The fourth-order valence-electron chi connectivity index (χ4n) is 1.97. The van der Waals surface area contributed by atoms with Crippen LogP contribution in [0.15, 0.2) is 24.3 Å². The predicted octanol–water partition coefficient (Wildman–Crippen LogP) is 1.85. The molecule has 3 N–H and O–H groups in total. The van der Waals surface area contributed by atoms with Gasteiger partial charge >= 0.3 is 6.09 Å². The van der Waals surface area contributed by atoms with Gasteiger partial charge in [-0.3, -0.25) is 0 Å². The van der Waals surface area contributed by atoms with Crippen LogP contribution in [0.2, 0.25) is 0 Å². The molecule has 0 saturated heterocycles. The summed E-state index contributed by atoms with van der Waals surface area (Å²) in [5.41, 5.74) is 2.33. The van der Waals surface area contributed by atoms with Crippen molar-refractivity contribution in [1.82, 2.24) is 5.32 Å². The van der Waals surface area contributed by atoms with Crippen molar-refractivity contribution in [2.45, 2.75) is 12.3 Å². The summed E-state index contributed by atoms with van der Waals surface area (Å²) in [5.74, 6) is 0.290. The van der Waals surface area contributed by atoms with Gasteiger partial charge in [-0.05, 0) is 18.1 Å². The van der Waals surface area contributed by atoms with E-state index in [9.17, 15) is 4.79 Å². The van der Waals surface area contributed by atoms with E-state index >= 15 is 0 Å². The summed E-state index contributed by atoms with van der Waals surface area (Å²) in [6, 6.07) is 8.05. The number of benzene rings is 1. The number of carboxylic acid groups (broad SMARTS) is 1. The molecule has 1 aromatic carbocycles. The fraction of sp³-hybridized carbons (Fsp3) is 0.364. The van der Waals surface area contributed by atoms with Crippen LogP contribution in [0.1, 0.15) is 17.9 Å². The lowest BCUT2D eigenvalue weighted by Crippen LogP contribution is -2.30. The van der Waals surface area contributed by atoms with Crippen LogP contribution in [0.25, 0.3) is 0 Å². The normalized spacial score (nSPS) is 18.8. The van der Waals surface area contributed by atoms with Crippen LogP contribution in [-0.2, 0) is 0 Å². The average Bonchev–Trinajstić information content (AvgIpc) is 2.26. The summed E-state index contributed by atoms with van der Waals surface area (Å²) in [4.78, 5) is 10.4. The van der Waals surface area contributed by atoms with Gasteiger partial charge in [-0.25, -0.2) is 4.79 Å². The molecule has 80 valence electrons. The van der Waals surface area contributed by atoms with Gasteiger partial charge in [0.25, 0.3) is 0 Å². The molecule has 1 amide bonds. The molecule has 0 bridgehead atoms. The lowest BCUT2D eigenvalue weighted by molar-refractivity contribution is 0.193. The molecule has 2 rings (SSSR count). The Labute approximate surface area is 88.3 Å². The van der Waals surface area contributed by atoms with E-state index in [4.69, 9.17) is 5.11 Å². The van der Waals surface area contributed by atoms with Gasteiger partial charge < -0.3 is 15.7 Å². The predicted molar refractivity (Wildman–Crippen MR) is 58.3 cm³/mol. The van der Waals surface area contributed by atoms with Crippen LogP contribution in [0.5, 0.6) is 0 Å². The Hall–Kier alpha value is -1.71. The highest BCUT2D eigenvalue weighted by Crippen LogP contribution is 2.30. The molecule has 0 radical (unpaired) electrons. The first-order valence-electron chi connectivity index (χ1n) is 5.07. The highest BCUT2D eigenvalue weighted by atomic mass is 16.4. The van der Waals surface area contributed by atoms with Crippen LogP contribution < -0.4 is 10.6 Å². The highest BCUT2D eigenvalue weighted by molar-refractivity contribution is 5.64. The first-order valence-corrected chi connectivity index (χ1v) is 5.07. The van der Waals surface area contributed by atoms with E-state index < -0.39 is 6.09 Å². The molecular formula is C11H14N2O2. The van der Waals surface area contributed by atoms with Crippen molar-refractivity contribution in [3.05, 3.63) is 29.8 Å². The monoisotopic (exact) mass is 206 g/mol. The zero-order valence-electron chi connectivity index (χ0n) is 8.36.